The molecule has 0 radical (unpaired) electrons. The van der Waals surface area contributed by atoms with E-state index in [-0.39, 0.29) is 12.1 Å². The van der Waals surface area contributed by atoms with Gasteiger partial charge in [-0.25, -0.2) is 4.79 Å². The molecule has 0 spiro atoms. The number of hydrogen-bond acceptors (Lipinski definition) is 2. The van der Waals surface area contributed by atoms with Crippen LogP contribution in [-0.2, 0) is 9.53 Å². The van der Waals surface area contributed by atoms with E-state index in [0.717, 1.165) is 6.08 Å². The second kappa shape index (κ2) is 4.79. The monoisotopic (exact) mass is 140 g/mol. The Morgan fingerprint density at radius 2 is 2.30 bits per heavy atom. The van der Waals surface area contributed by atoms with Crippen LogP contribution in [0.2, 0.25) is 0 Å². The highest BCUT2D eigenvalue weighted by atomic mass is 16.5. The molecule has 1 unspecified atom stereocenters. The lowest BCUT2D eigenvalue weighted by molar-refractivity contribution is -0.140. The molecule has 56 valence electrons. The van der Waals surface area contributed by atoms with E-state index in [1.165, 1.54) is 0 Å². The molecule has 0 N–H and O–H groups in total. The first-order chi connectivity index (χ1) is 4.70. The number of carbonyl (C=O) groups is 1. The molecule has 0 rings (SSSR count). The van der Waals surface area contributed by atoms with E-state index in [4.69, 9.17) is 4.74 Å². The Kier molecular flexibility index (Phi) is 4.29. The Hall–Kier alpha value is -1.05. The molecule has 2 nitrogen and oxygen atoms in total. The van der Waals surface area contributed by atoms with Crippen LogP contribution in [-0.4, -0.2) is 12.1 Å². The molecule has 0 aromatic carbocycles. The van der Waals surface area contributed by atoms with Crippen LogP contribution in [0.25, 0.3) is 0 Å². The molecule has 0 fully saturated rings. The SMILES string of the molecule is C=CC(=O)OC(C)C=CC. The Labute approximate surface area is 61.2 Å². The molecular formula is C8H12O2. The molecule has 0 aromatic heterocycles. The van der Waals surface area contributed by atoms with Gasteiger partial charge in [0.1, 0.15) is 6.10 Å². The van der Waals surface area contributed by atoms with Gasteiger partial charge in [-0.2, -0.15) is 0 Å². The molecule has 0 aliphatic carbocycles. The number of allylic oxidation sites excluding steroid dienone is 1. The zero-order chi connectivity index (χ0) is 7.98. The Balaban J connectivity index is 3.67. The lowest BCUT2D eigenvalue weighted by Gasteiger charge is -2.04. The van der Waals surface area contributed by atoms with Crippen LogP contribution < -0.4 is 0 Å². The quantitative estimate of drug-likeness (QED) is 0.338. The first-order valence-corrected chi connectivity index (χ1v) is 3.16. The average molecular weight is 140 g/mol. The van der Waals surface area contributed by atoms with Gasteiger partial charge < -0.3 is 4.74 Å². The minimum atomic E-state index is -0.384. The number of rotatable bonds is 3. The van der Waals surface area contributed by atoms with Crippen molar-refractivity contribution in [1.29, 1.82) is 0 Å². The van der Waals surface area contributed by atoms with E-state index in [1.54, 1.807) is 13.0 Å². The van der Waals surface area contributed by atoms with Crippen LogP contribution in [0.15, 0.2) is 24.8 Å². The fourth-order valence-electron chi connectivity index (χ4n) is 0.542. The smallest absolute Gasteiger partial charge is 0.330 e. The van der Waals surface area contributed by atoms with Crippen molar-refractivity contribution in [2.75, 3.05) is 0 Å². The molecule has 0 saturated heterocycles. The Morgan fingerprint density at radius 3 is 2.70 bits per heavy atom. The number of hydrogen-bond donors (Lipinski definition) is 0. The third-order valence-electron chi connectivity index (χ3n) is 0.932. The largest absolute Gasteiger partial charge is 0.455 e. The number of carbonyl (C=O) groups excluding carboxylic acids is 1. The summed E-state index contributed by atoms with van der Waals surface area (Å²) in [6, 6.07) is 0. The molecule has 0 aliphatic heterocycles. The summed E-state index contributed by atoms with van der Waals surface area (Å²) in [7, 11) is 0. The first-order valence-electron chi connectivity index (χ1n) is 3.16. The van der Waals surface area contributed by atoms with Gasteiger partial charge in [0.05, 0.1) is 0 Å². The van der Waals surface area contributed by atoms with Crippen molar-refractivity contribution in [3.05, 3.63) is 24.8 Å². The first kappa shape index (κ1) is 8.95. The highest BCUT2D eigenvalue weighted by Gasteiger charge is 1.99. The summed E-state index contributed by atoms with van der Waals surface area (Å²) >= 11 is 0. The van der Waals surface area contributed by atoms with Gasteiger partial charge in [0, 0.05) is 6.08 Å². The predicted octanol–water partition coefficient (Wildman–Crippen LogP) is 1.68. The van der Waals surface area contributed by atoms with Gasteiger partial charge in [-0.1, -0.05) is 12.7 Å². The van der Waals surface area contributed by atoms with E-state index in [9.17, 15) is 4.79 Å². The fraction of sp³-hybridized carbons (Fsp3) is 0.375. The van der Waals surface area contributed by atoms with Gasteiger partial charge in [-0.3, -0.25) is 0 Å². The van der Waals surface area contributed by atoms with Gasteiger partial charge >= 0.3 is 5.97 Å². The van der Waals surface area contributed by atoms with Crippen LogP contribution in [0.4, 0.5) is 0 Å². The average Bonchev–Trinajstić information content (AvgIpc) is 1.88. The second-order valence-electron chi connectivity index (χ2n) is 1.87. The molecular weight excluding hydrogens is 128 g/mol. The van der Waals surface area contributed by atoms with Crippen LogP contribution in [0.3, 0.4) is 0 Å². The Bertz CT molecular complexity index is 147. The third kappa shape index (κ3) is 3.89. The predicted molar refractivity (Wildman–Crippen MR) is 40.6 cm³/mol. The molecule has 0 bridgehead atoms. The molecule has 0 saturated carbocycles. The van der Waals surface area contributed by atoms with E-state index >= 15 is 0 Å². The molecule has 10 heavy (non-hydrogen) atoms. The Morgan fingerprint density at radius 1 is 1.70 bits per heavy atom. The van der Waals surface area contributed by atoms with Crippen molar-refractivity contribution in [3.8, 4) is 0 Å². The molecule has 1 atom stereocenters. The van der Waals surface area contributed by atoms with Crippen molar-refractivity contribution < 1.29 is 9.53 Å². The van der Waals surface area contributed by atoms with Crippen LogP contribution in [0.5, 0.6) is 0 Å². The second-order valence-corrected chi connectivity index (χ2v) is 1.87. The zero-order valence-electron chi connectivity index (χ0n) is 6.33. The van der Waals surface area contributed by atoms with Crippen molar-refractivity contribution >= 4 is 5.97 Å². The summed E-state index contributed by atoms with van der Waals surface area (Å²) in [4.78, 5) is 10.5. The van der Waals surface area contributed by atoms with Crippen molar-refractivity contribution in [2.24, 2.45) is 0 Å². The van der Waals surface area contributed by atoms with Gasteiger partial charge in [0.25, 0.3) is 0 Å². The van der Waals surface area contributed by atoms with Gasteiger partial charge in [0.2, 0.25) is 0 Å². The van der Waals surface area contributed by atoms with Crippen LogP contribution >= 0.6 is 0 Å². The maximum absolute atomic E-state index is 10.5. The maximum atomic E-state index is 10.5. The molecule has 0 heterocycles. The summed E-state index contributed by atoms with van der Waals surface area (Å²) in [5.74, 6) is -0.384. The summed E-state index contributed by atoms with van der Waals surface area (Å²) in [5, 5.41) is 0. The van der Waals surface area contributed by atoms with Gasteiger partial charge in [-0.05, 0) is 19.9 Å². The molecule has 0 aliphatic rings. The minimum absolute atomic E-state index is 0.157. The lowest BCUT2D eigenvalue weighted by atomic mass is 10.3. The fourth-order valence-corrected chi connectivity index (χ4v) is 0.542. The van der Waals surface area contributed by atoms with Crippen LogP contribution in [0.1, 0.15) is 13.8 Å². The molecule has 0 aromatic rings. The highest BCUT2D eigenvalue weighted by Crippen LogP contribution is 1.93. The van der Waals surface area contributed by atoms with E-state index in [0.29, 0.717) is 0 Å². The summed E-state index contributed by atoms with van der Waals surface area (Å²) in [6.45, 7) is 6.94. The normalized spacial score (nSPS) is 13.0. The zero-order valence-corrected chi connectivity index (χ0v) is 6.33. The van der Waals surface area contributed by atoms with Crippen molar-refractivity contribution in [1.82, 2.24) is 0 Å². The van der Waals surface area contributed by atoms with E-state index in [2.05, 4.69) is 6.58 Å². The summed E-state index contributed by atoms with van der Waals surface area (Å²) in [6.07, 6.45) is 4.62. The summed E-state index contributed by atoms with van der Waals surface area (Å²) in [5.41, 5.74) is 0. The standard InChI is InChI=1S/C8H12O2/c1-4-6-7(3)10-8(9)5-2/h4-7H,2H2,1,3H3. The topological polar surface area (TPSA) is 26.3 Å². The summed E-state index contributed by atoms with van der Waals surface area (Å²) < 4.78 is 4.80. The van der Waals surface area contributed by atoms with Crippen LogP contribution in [0, 0.1) is 0 Å². The third-order valence-corrected chi connectivity index (χ3v) is 0.932. The van der Waals surface area contributed by atoms with Crippen molar-refractivity contribution in [3.63, 3.8) is 0 Å². The lowest BCUT2D eigenvalue weighted by Crippen LogP contribution is -2.09. The molecule has 0 amide bonds. The number of esters is 1. The van der Waals surface area contributed by atoms with Crippen molar-refractivity contribution in [2.45, 2.75) is 20.0 Å². The van der Waals surface area contributed by atoms with E-state index < -0.39 is 0 Å². The number of ether oxygens (including phenoxy) is 1. The minimum Gasteiger partial charge on any atom is -0.455 e. The molecule has 2 heteroatoms. The highest BCUT2D eigenvalue weighted by molar-refractivity contribution is 5.81. The van der Waals surface area contributed by atoms with E-state index in [1.807, 2.05) is 13.0 Å². The van der Waals surface area contributed by atoms with Gasteiger partial charge in [-0.15, -0.1) is 0 Å². The van der Waals surface area contributed by atoms with Gasteiger partial charge in [0.15, 0.2) is 0 Å². The maximum Gasteiger partial charge on any atom is 0.330 e.